The molecule has 0 heterocycles. The molecule has 6 nitrogen and oxygen atoms in total. The minimum atomic E-state index is -0.855. The Balaban J connectivity index is 1.51. The minimum Gasteiger partial charge on any atom is -0.481 e. The number of carbonyl (C=O) groups is 2. The summed E-state index contributed by atoms with van der Waals surface area (Å²) in [5.74, 6) is -0.0585. The quantitative estimate of drug-likeness (QED) is 0.602. The summed E-state index contributed by atoms with van der Waals surface area (Å²) in [7, 11) is 0. The lowest BCUT2D eigenvalue weighted by Gasteiger charge is -2.18. The predicted molar refractivity (Wildman–Crippen MR) is 112 cm³/mol. The second-order valence-electron chi connectivity index (χ2n) is 6.44. The molecule has 0 aliphatic heterocycles. The van der Waals surface area contributed by atoms with Gasteiger partial charge in [-0.1, -0.05) is 54.1 Å². The number of fused-ring (bicyclic) bond motifs is 1. The molecule has 0 bridgehead atoms. The molecule has 0 saturated heterocycles. The lowest BCUT2D eigenvalue weighted by molar-refractivity contribution is -0.135. The first-order valence-corrected chi connectivity index (χ1v) is 9.48. The topological polar surface area (TPSA) is 76.7 Å². The van der Waals surface area contributed by atoms with Crippen molar-refractivity contribution in [3.05, 3.63) is 71.8 Å². The summed E-state index contributed by atoms with van der Waals surface area (Å²) >= 11 is 6.01. The van der Waals surface area contributed by atoms with Crippen LogP contribution in [0.25, 0.3) is 10.8 Å². The van der Waals surface area contributed by atoms with Crippen LogP contribution in [0.5, 0.6) is 11.5 Å². The molecular formula is C22H21ClN2O4. The Labute approximate surface area is 173 Å². The first-order chi connectivity index (χ1) is 13.9. The molecule has 2 N–H and O–H groups in total. The average Bonchev–Trinajstić information content (AvgIpc) is 2.73. The summed E-state index contributed by atoms with van der Waals surface area (Å²) in [5.41, 5.74) is 4.68. The summed E-state index contributed by atoms with van der Waals surface area (Å²) in [6.07, 6.45) is -1.66. The van der Waals surface area contributed by atoms with E-state index in [4.69, 9.17) is 21.1 Å². The molecule has 0 saturated carbocycles. The van der Waals surface area contributed by atoms with Gasteiger partial charge >= 0.3 is 0 Å². The SMILES string of the molecule is C[C@H](Oc1ccccc1Cl)C(=O)NNC(=O)[C@@H](C)Oc1ccc2ccccc2c1. The van der Waals surface area contributed by atoms with Crippen LogP contribution < -0.4 is 20.3 Å². The van der Waals surface area contributed by atoms with Gasteiger partial charge in [-0.15, -0.1) is 0 Å². The molecule has 3 aromatic rings. The molecule has 0 fully saturated rings. The van der Waals surface area contributed by atoms with E-state index < -0.39 is 24.0 Å². The van der Waals surface area contributed by atoms with Crippen molar-refractivity contribution in [2.24, 2.45) is 0 Å². The number of amides is 2. The summed E-state index contributed by atoms with van der Waals surface area (Å²) < 4.78 is 11.2. The first-order valence-electron chi connectivity index (χ1n) is 9.10. The van der Waals surface area contributed by atoms with Gasteiger partial charge in [-0.25, -0.2) is 0 Å². The van der Waals surface area contributed by atoms with E-state index in [2.05, 4.69) is 10.9 Å². The van der Waals surface area contributed by atoms with Crippen molar-refractivity contribution in [1.29, 1.82) is 0 Å². The van der Waals surface area contributed by atoms with Crippen LogP contribution in [0.15, 0.2) is 66.7 Å². The highest BCUT2D eigenvalue weighted by molar-refractivity contribution is 6.32. The van der Waals surface area contributed by atoms with E-state index in [1.54, 1.807) is 44.2 Å². The highest BCUT2D eigenvalue weighted by Gasteiger charge is 2.19. The summed E-state index contributed by atoms with van der Waals surface area (Å²) in [6.45, 7) is 3.15. The van der Waals surface area contributed by atoms with Crippen molar-refractivity contribution < 1.29 is 19.1 Å². The van der Waals surface area contributed by atoms with E-state index in [1.165, 1.54) is 0 Å². The number of para-hydroxylation sites is 1. The number of hydrogen-bond donors (Lipinski definition) is 2. The fourth-order valence-corrected chi connectivity index (χ4v) is 2.79. The Hall–Kier alpha value is -3.25. The highest BCUT2D eigenvalue weighted by Crippen LogP contribution is 2.24. The Morgan fingerprint density at radius 2 is 1.38 bits per heavy atom. The Morgan fingerprint density at radius 3 is 2.07 bits per heavy atom. The van der Waals surface area contributed by atoms with Crippen LogP contribution in [0.4, 0.5) is 0 Å². The van der Waals surface area contributed by atoms with Crippen LogP contribution in [-0.4, -0.2) is 24.0 Å². The zero-order chi connectivity index (χ0) is 20.8. The zero-order valence-electron chi connectivity index (χ0n) is 16.0. The van der Waals surface area contributed by atoms with E-state index in [1.807, 2.05) is 36.4 Å². The van der Waals surface area contributed by atoms with Crippen LogP contribution in [0.1, 0.15) is 13.8 Å². The molecule has 2 atom stereocenters. The third kappa shape index (κ3) is 5.39. The second-order valence-corrected chi connectivity index (χ2v) is 6.85. The van der Waals surface area contributed by atoms with Crippen molar-refractivity contribution in [3.8, 4) is 11.5 Å². The van der Waals surface area contributed by atoms with Crippen LogP contribution in [-0.2, 0) is 9.59 Å². The third-order valence-electron chi connectivity index (χ3n) is 4.22. The van der Waals surface area contributed by atoms with Crippen molar-refractivity contribution >= 4 is 34.2 Å². The number of hydrazine groups is 1. The molecule has 0 radical (unpaired) electrons. The number of ether oxygens (including phenoxy) is 2. The van der Waals surface area contributed by atoms with Gasteiger partial charge in [0.25, 0.3) is 11.8 Å². The van der Waals surface area contributed by atoms with Crippen LogP contribution in [0.2, 0.25) is 5.02 Å². The predicted octanol–water partition coefficient (Wildman–Crippen LogP) is 3.88. The van der Waals surface area contributed by atoms with E-state index >= 15 is 0 Å². The molecule has 0 aromatic heterocycles. The first kappa shape index (κ1) is 20.5. The number of carbonyl (C=O) groups excluding carboxylic acids is 2. The molecule has 3 rings (SSSR count). The van der Waals surface area contributed by atoms with Gasteiger partial charge in [0.05, 0.1) is 5.02 Å². The van der Waals surface area contributed by atoms with Crippen LogP contribution in [0, 0.1) is 0 Å². The Kier molecular flexibility index (Phi) is 6.57. The number of nitrogens with one attached hydrogen (secondary N) is 2. The molecule has 0 spiro atoms. The van der Waals surface area contributed by atoms with Gasteiger partial charge in [-0.3, -0.25) is 20.4 Å². The fourth-order valence-electron chi connectivity index (χ4n) is 2.61. The largest absolute Gasteiger partial charge is 0.481 e. The zero-order valence-corrected chi connectivity index (χ0v) is 16.8. The summed E-state index contributed by atoms with van der Waals surface area (Å²) in [5, 5.41) is 2.49. The Morgan fingerprint density at radius 1 is 0.793 bits per heavy atom. The molecule has 0 unspecified atom stereocenters. The lowest BCUT2D eigenvalue weighted by atomic mass is 10.1. The Bertz CT molecular complexity index is 1020. The number of halogens is 1. The van der Waals surface area contributed by atoms with Gasteiger partial charge in [0, 0.05) is 0 Å². The van der Waals surface area contributed by atoms with Crippen molar-refractivity contribution in [2.45, 2.75) is 26.1 Å². The molecule has 2 amide bonds. The molecule has 3 aromatic carbocycles. The molecular weight excluding hydrogens is 392 g/mol. The maximum absolute atomic E-state index is 12.2. The van der Waals surface area contributed by atoms with Gasteiger partial charge < -0.3 is 9.47 Å². The maximum Gasteiger partial charge on any atom is 0.279 e. The summed E-state index contributed by atoms with van der Waals surface area (Å²) in [6, 6.07) is 20.3. The molecule has 0 aliphatic rings. The van der Waals surface area contributed by atoms with Crippen molar-refractivity contribution in [2.75, 3.05) is 0 Å². The average molecular weight is 413 g/mol. The molecule has 7 heteroatoms. The van der Waals surface area contributed by atoms with E-state index in [9.17, 15) is 9.59 Å². The maximum atomic E-state index is 12.2. The van der Waals surface area contributed by atoms with E-state index in [0.29, 0.717) is 16.5 Å². The fraction of sp³-hybridized carbons (Fsp3) is 0.182. The normalized spacial score (nSPS) is 12.7. The van der Waals surface area contributed by atoms with E-state index in [0.717, 1.165) is 10.8 Å². The third-order valence-corrected chi connectivity index (χ3v) is 4.53. The standard InChI is InChI=1S/C22H21ClN2O4/c1-14(28-18-12-11-16-7-3-4-8-17(16)13-18)21(26)24-25-22(27)15(2)29-20-10-6-5-9-19(20)23/h3-15H,1-2H3,(H,24,26)(H,25,27)/t14-,15+/m1/s1. The molecule has 150 valence electrons. The smallest absolute Gasteiger partial charge is 0.279 e. The van der Waals surface area contributed by atoms with Gasteiger partial charge in [0.1, 0.15) is 11.5 Å². The van der Waals surface area contributed by atoms with Crippen LogP contribution in [0.3, 0.4) is 0 Å². The molecule has 29 heavy (non-hydrogen) atoms. The summed E-state index contributed by atoms with van der Waals surface area (Å²) in [4.78, 5) is 24.4. The molecule has 0 aliphatic carbocycles. The van der Waals surface area contributed by atoms with Crippen LogP contribution >= 0.6 is 11.6 Å². The van der Waals surface area contributed by atoms with Crippen molar-refractivity contribution in [1.82, 2.24) is 10.9 Å². The van der Waals surface area contributed by atoms with Gasteiger partial charge in [0.2, 0.25) is 0 Å². The minimum absolute atomic E-state index is 0.385. The second kappa shape index (κ2) is 9.30. The number of hydrogen-bond acceptors (Lipinski definition) is 4. The highest BCUT2D eigenvalue weighted by atomic mass is 35.5. The van der Waals surface area contributed by atoms with Gasteiger partial charge in [0.15, 0.2) is 12.2 Å². The lowest BCUT2D eigenvalue weighted by Crippen LogP contribution is -2.50. The van der Waals surface area contributed by atoms with E-state index in [-0.39, 0.29) is 0 Å². The number of benzene rings is 3. The van der Waals surface area contributed by atoms with Gasteiger partial charge in [-0.05, 0) is 48.9 Å². The van der Waals surface area contributed by atoms with Gasteiger partial charge in [-0.2, -0.15) is 0 Å². The van der Waals surface area contributed by atoms with Crippen molar-refractivity contribution in [3.63, 3.8) is 0 Å². The monoisotopic (exact) mass is 412 g/mol. The number of rotatable bonds is 6.